The molecule has 0 N–H and O–H groups in total. The number of alkyl halides is 12. The zero-order chi connectivity index (χ0) is 42.7. The SMILES string of the molecule is C[S+](=O)(Cc1ccc(Br)cc1)c1ccccc1.FC(F)(F)c1ccc([B-](c2ccc(C(F)(F)F)cc2)(c2ccc(C(F)(F)F)cc2)c2ccc(C(F)(F)F)cc2)cc1. The standard InChI is InChI=1S/C28H16BF12.C14H14BrOS/c30-25(31,32)17-1-9-21(10-2-17)29(22-11-3-18(4-12-22)26(33,34)35,23-13-5-19(6-14-23)27(36,37)38)24-15-7-20(8-16-24)28(39,40)41;1-17(16,14-5-3-2-4-6-14)11-12-7-9-13(15)10-8-12/h1-16H;2-10H,11H2,1H3/q-1;+1. The largest absolute Gasteiger partial charge is 0.416 e. The van der Waals surface area contributed by atoms with Gasteiger partial charge in [0.05, 0.1) is 22.3 Å². The van der Waals surface area contributed by atoms with Crippen molar-refractivity contribution in [1.82, 2.24) is 0 Å². The number of benzene rings is 6. The van der Waals surface area contributed by atoms with Gasteiger partial charge in [0.15, 0.2) is 4.90 Å². The summed E-state index contributed by atoms with van der Waals surface area (Å²) in [5, 5.41) is 0. The second-order valence-electron chi connectivity index (χ2n) is 13.4. The normalized spacial score (nSPS) is 13.6. The fourth-order valence-corrected chi connectivity index (χ4v) is 8.68. The molecule has 0 bridgehead atoms. The fraction of sp³-hybridized carbons (Fsp3) is 0.143. The van der Waals surface area contributed by atoms with Crippen LogP contribution in [0.25, 0.3) is 0 Å². The van der Waals surface area contributed by atoms with Gasteiger partial charge in [-0.3, -0.25) is 0 Å². The lowest BCUT2D eigenvalue weighted by molar-refractivity contribution is -0.138. The Bertz CT molecular complexity index is 2090. The van der Waals surface area contributed by atoms with Gasteiger partial charge in [0, 0.05) is 10.0 Å². The van der Waals surface area contributed by atoms with Gasteiger partial charge in [0.25, 0.3) is 0 Å². The average molecular weight is 901 g/mol. The summed E-state index contributed by atoms with van der Waals surface area (Å²) in [5.74, 6) is 0.588. The molecular weight excluding hydrogens is 871 g/mol. The lowest BCUT2D eigenvalue weighted by Crippen LogP contribution is -2.74. The molecule has 0 saturated carbocycles. The van der Waals surface area contributed by atoms with Crippen molar-refractivity contribution in [2.45, 2.75) is 35.4 Å². The van der Waals surface area contributed by atoms with Crippen molar-refractivity contribution in [2.24, 2.45) is 0 Å². The molecule has 1 unspecified atom stereocenters. The Kier molecular flexibility index (Phi) is 12.8. The third-order valence-corrected chi connectivity index (χ3v) is 12.2. The van der Waals surface area contributed by atoms with Crippen LogP contribution in [-0.2, 0) is 44.6 Å². The van der Waals surface area contributed by atoms with Crippen LogP contribution in [-0.4, -0.2) is 12.4 Å². The van der Waals surface area contributed by atoms with Gasteiger partial charge in [-0.15, -0.1) is 0 Å². The molecule has 6 aromatic rings. The maximum absolute atomic E-state index is 13.3. The number of hydrogen-bond acceptors (Lipinski definition) is 1. The van der Waals surface area contributed by atoms with Crippen molar-refractivity contribution < 1.29 is 56.9 Å². The predicted molar refractivity (Wildman–Crippen MR) is 207 cm³/mol. The van der Waals surface area contributed by atoms with E-state index in [-0.39, 0.29) is 21.9 Å². The minimum atomic E-state index is -4.77. The topological polar surface area (TPSA) is 17.1 Å². The second-order valence-corrected chi connectivity index (χ2v) is 17.1. The van der Waals surface area contributed by atoms with E-state index in [9.17, 15) is 56.9 Å². The van der Waals surface area contributed by atoms with Gasteiger partial charge in [0.1, 0.15) is 28.1 Å². The highest BCUT2D eigenvalue weighted by Gasteiger charge is 2.38. The average Bonchev–Trinajstić information content (AvgIpc) is 3.16. The molecule has 0 spiro atoms. The van der Waals surface area contributed by atoms with E-state index in [0.29, 0.717) is 54.3 Å². The minimum absolute atomic E-state index is 0.0114. The molecule has 0 aliphatic rings. The zero-order valence-electron chi connectivity index (χ0n) is 29.9. The molecule has 0 aliphatic carbocycles. The second kappa shape index (κ2) is 16.8. The van der Waals surface area contributed by atoms with E-state index in [1.54, 1.807) is 0 Å². The van der Waals surface area contributed by atoms with E-state index in [1.807, 2.05) is 60.9 Å². The van der Waals surface area contributed by atoms with Gasteiger partial charge in [0.2, 0.25) is 0 Å². The Morgan fingerprint density at radius 3 is 0.966 bits per heavy atom. The highest BCUT2D eigenvalue weighted by molar-refractivity contribution is 9.10. The molecule has 16 heteroatoms. The third kappa shape index (κ3) is 10.2. The van der Waals surface area contributed by atoms with Crippen LogP contribution in [0.4, 0.5) is 52.7 Å². The molecule has 58 heavy (non-hydrogen) atoms. The highest BCUT2D eigenvalue weighted by Crippen LogP contribution is 2.32. The van der Waals surface area contributed by atoms with Crippen LogP contribution in [0.3, 0.4) is 0 Å². The lowest BCUT2D eigenvalue weighted by atomic mass is 9.13. The quantitative estimate of drug-likeness (QED) is 0.0886. The molecule has 0 saturated heterocycles. The summed E-state index contributed by atoms with van der Waals surface area (Å²) in [5.41, 5.74) is -3.19. The number of hydrogen-bond donors (Lipinski definition) is 0. The summed E-state index contributed by atoms with van der Waals surface area (Å²) in [6.45, 7) is 0. The van der Waals surface area contributed by atoms with E-state index in [2.05, 4.69) is 15.9 Å². The summed E-state index contributed by atoms with van der Waals surface area (Å²) < 4.78 is 174. The van der Waals surface area contributed by atoms with Gasteiger partial charge in [-0.2, -0.15) is 74.5 Å². The minimum Gasteiger partial charge on any atom is -0.195 e. The van der Waals surface area contributed by atoms with Crippen LogP contribution in [0.5, 0.6) is 0 Å². The maximum Gasteiger partial charge on any atom is 0.416 e. The molecule has 6 rings (SSSR count). The van der Waals surface area contributed by atoms with Crippen LogP contribution in [0.1, 0.15) is 27.8 Å². The van der Waals surface area contributed by atoms with Gasteiger partial charge in [-0.05, 0) is 24.3 Å². The Morgan fingerprint density at radius 1 is 0.431 bits per heavy atom. The van der Waals surface area contributed by atoms with Crippen LogP contribution in [0.2, 0.25) is 0 Å². The Balaban J connectivity index is 0.000000313. The number of halogens is 13. The molecule has 1 atom stereocenters. The lowest BCUT2D eigenvalue weighted by Gasteiger charge is -2.44. The highest BCUT2D eigenvalue weighted by atomic mass is 79.9. The molecule has 1 nitrogen and oxygen atoms in total. The summed E-state index contributed by atoms with van der Waals surface area (Å²) in [7, 11) is -1.99. The van der Waals surface area contributed by atoms with E-state index in [1.165, 1.54) is 0 Å². The van der Waals surface area contributed by atoms with Crippen LogP contribution in [0.15, 0.2) is 161 Å². The summed E-state index contributed by atoms with van der Waals surface area (Å²) in [6, 6.07) is 31.2. The van der Waals surface area contributed by atoms with Gasteiger partial charge >= 0.3 is 24.7 Å². The van der Waals surface area contributed by atoms with Crippen molar-refractivity contribution in [3.63, 3.8) is 0 Å². The Hall–Kier alpha value is -4.83. The van der Waals surface area contributed by atoms with E-state index < -0.39 is 63.0 Å². The van der Waals surface area contributed by atoms with Crippen LogP contribution < -0.4 is 21.9 Å². The first-order valence-corrected chi connectivity index (χ1v) is 20.0. The van der Waals surface area contributed by atoms with Gasteiger partial charge < -0.3 is 0 Å². The van der Waals surface area contributed by atoms with Gasteiger partial charge in [-0.1, -0.05) is 148 Å². The molecule has 0 amide bonds. The van der Waals surface area contributed by atoms with Crippen molar-refractivity contribution in [2.75, 3.05) is 6.26 Å². The van der Waals surface area contributed by atoms with E-state index in [4.69, 9.17) is 0 Å². The Labute approximate surface area is 335 Å². The van der Waals surface area contributed by atoms with E-state index >= 15 is 0 Å². The van der Waals surface area contributed by atoms with Crippen molar-refractivity contribution in [3.05, 3.63) is 184 Å². The van der Waals surface area contributed by atoms with E-state index in [0.717, 1.165) is 63.5 Å². The summed E-state index contributed by atoms with van der Waals surface area (Å²) >= 11 is 3.40. The van der Waals surface area contributed by atoms with Crippen molar-refractivity contribution >= 4 is 53.9 Å². The molecule has 0 radical (unpaired) electrons. The molecule has 0 heterocycles. The van der Waals surface area contributed by atoms with Crippen molar-refractivity contribution in [1.29, 1.82) is 0 Å². The molecule has 0 aromatic heterocycles. The first-order valence-electron chi connectivity index (χ1n) is 17.1. The molecule has 6 aromatic carbocycles. The van der Waals surface area contributed by atoms with Crippen LogP contribution >= 0.6 is 15.9 Å². The first-order chi connectivity index (χ1) is 26.9. The van der Waals surface area contributed by atoms with Gasteiger partial charge in [-0.25, -0.2) is 0 Å². The van der Waals surface area contributed by atoms with Crippen LogP contribution in [0, 0.1) is 0 Å². The molecule has 0 aliphatic heterocycles. The third-order valence-electron chi connectivity index (χ3n) is 9.55. The maximum atomic E-state index is 13.3. The number of rotatable bonds is 7. The Morgan fingerprint density at radius 2 is 0.707 bits per heavy atom. The monoisotopic (exact) mass is 900 g/mol. The van der Waals surface area contributed by atoms with Crippen molar-refractivity contribution in [3.8, 4) is 0 Å². The predicted octanol–water partition coefficient (Wildman–Crippen LogP) is 11.3. The fourth-order valence-electron chi connectivity index (χ4n) is 6.69. The zero-order valence-corrected chi connectivity index (χ0v) is 32.4. The summed E-state index contributed by atoms with van der Waals surface area (Å²) in [6.07, 6.45) is -20.2. The first kappa shape index (κ1) is 44.3. The summed E-state index contributed by atoms with van der Waals surface area (Å²) in [4.78, 5) is 0.919. The smallest absolute Gasteiger partial charge is 0.195 e. The molecular formula is C42H30BBrF12OS. The molecule has 0 fully saturated rings. The molecule has 304 valence electrons.